The van der Waals surface area contributed by atoms with Gasteiger partial charge in [-0.2, -0.15) is 10.1 Å². The van der Waals surface area contributed by atoms with Gasteiger partial charge in [-0.3, -0.25) is 4.79 Å². The lowest BCUT2D eigenvalue weighted by atomic mass is 10.1. The molecule has 4 heterocycles. The molecule has 1 saturated heterocycles. The van der Waals surface area contributed by atoms with Gasteiger partial charge in [0.2, 0.25) is 0 Å². The van der Waals surface area contributed by atoms with Gasteiger partial charge in [0.25, 0.3) is 11.8 Å². The average Bonchev–Trinajstić information content (AvgIpc) is 3.36. The van der Waals surface area contributed by atoms with E-state index in [4.69, 9.17) is 23.9 Å². The predicted molar refractivity (Wildman–Crippen MR) is 116 cm³/mol. The zero-order valence-electron chi connectivity index (χ0n) is 18.2. The number of ether oxygens (including phenoxy) is 4. The minimum atomic E-state index is -0.471. The van der Waals surface area contributed by atoms with Crippen LogP contribution in [-0.2, 0) is 9.53 Å². The number of nitrogens with zero attached hydrogens (tertiary/aromatic N) is 4. The van der Waals surface area contributed by atoms with E-state index in [-0.39, 0.29) is 18.6 Å². The molecule has 1 aromatic carbocycles. The number of carbonyl (C=O) groups excluding carboxylic acids is 1. The second-order valence-electron chi connectivity index (χ2n) is 7.77. The normalized spacial score (nSPS) is 20.5. The second kappa shape index (κ2) is 8.19. The Labute approximate surface area is 185 Å². The van der Waals surface area contributed by atoms with E-state index in [1.165, 1.54) is 0 Å². The van der Waals surface area contributed by atoms with Gasteiger partial charge in [-0.15, -0.1) is 0 Å². The van der Waals surface area contributed by atoms with Crippen molar-refractivity contribution in [2.75, 3.05) is 46.3 Å². The number of anilines is 1. The molecule has 5 rings (SSSR count). The molecular weight excluding hydrogens is 414 g/mol. The van der Waals surface area contributed by atoms with E-state index in [1.807, 2.05) is 23.1 Å². The first-order valence-corrected chi connectivity index (χ1v) is 10.4. The minimum Gasteiger partial charge on any atom is -0.497 e. The van der Waals surface area contributed by atoms with Crippen molar-refractivity contribution >= 4 is 17.2 Å². The number of rotatable bonds is 3. The molecule has 10 nitrogen and oxygen atoms in total. The summed E-state index contributed by atoms with van der Waals surface area (Å²) in [5, 5.41) is 7.85. The summed E-state index contributed by atoms with van der Waals surface area (Å²) in [6.45, 7) is 1.37. The zero-order chi connectivity index (χ0) is 22.2. The fourth-order valence-electron chi connectivity index (χ4n) is 4.28. The maximum atomic E-state index is 12.8. The maximum Gasteiger partial charge on any atom is 0.260 e. The number of carbonyl (C=O) groups is 1. The van der Waals surface area contributed by atoms with Gasteiger partial charge in [-0.25, -0.2) is 4.52 Å². The number of hydrogen-bond donors (Lipinski definition) is 1. The van der Waals surface area contributed by atoms with Gasteiger partial charge in [0.1, 0.15) is 18.5 Å². The fourth-order valence-corrected chi connectivity index (χ4v) is 4.28. The Morgan fingerprint density at radius 3 is 2.84 bits per heavy atom. The summed E-state index contributed by atoms with van der Waals surface area (Å²) in [5.74, 6) is 1.49. The van der Waals surface area contributed by atoms with Crippen molar-refractivity contribution in [1.82, 2.24) is 19.5 Å². The highest BCUT2D eigenvalue weighted by atomic mass is 16.5. The summed E-state index contributed by atoms with van der Waals surface area (Å²) < 4.78 is 24.1. The lowest BCUT2D eigenvalue weighted by Crippen LogP contribution is -2.41. The lowest BCUT2D eigenvalue weighted by Gasteiger charge is -2.25. The van der Waals surface area contributed by atoms with E-state index in [0.717, 1.165) is 16.8 Å². The first kappa shape index (κ1) is 20.4. The van der Waals surface area contributed by atoms with Crippen molar-refractivity contribution in [3.8, 4) is 28.5 Å². The van der Waals surface area contributed by atoms with Crippen LogP contribution in [0.5, 0.6) is 17.4 Å². The topological polar surface area (TPSA) is 99.5 Å². The number of methoxy groups -OCH3 is 3. The summed E-state index contributed by atoms with van der Waals surface area (Å²) in [4.78, 5) is 19.3. The van der Waals surface area contributed by atoms with Crippen LogP contribution in [0.1, 0.15) is 6.42 Å². The van der Waals surface area contributed by atoms with Gasteiger partial charge in [-0.05, 0) is 17.7 Å². The Hall–Kier alpha value is -3.53. The molecule has 0 spiro atoms. The molecule has 2 aromatic heterocycles. The van der Waals surface area contributed by atoms with Crippen LogP contribution in [0.4, 0.5) is 5.69 Å². The van der Waals surface area contributed by atoms with Crippen LogP contribution in [0.2, 0.25) is 0 Å². The van der Waals surface area contributed by atoms with E-state index in [1.54, 1.807) is 38.2 Å². The molecule has 1 fully saturated rings. The number of aromatic nitrogens is 3. The van der Waals surface area contributed by atoms with E-state index in [0.29, 0.717) is 42.5 Å². The summed E-state index contributed by atoms with van der Waals surface area (Å²) in [6, 6.07) is 5.74. The second-order valence-corrected chi connectivity index (χ2v) is 7.77. The molecule has 2 atom stereocenters. The summed E-state index contributed by atoms with van der Waals surface area (Å²) in [6.07, 6.45) is 3.58. The van der Waals surface area contributed by atoms with Crippen LogP contribution in [0.25, 0.3) is 16.8 Å². The Morgan fingerprint density at radius 2 is 2.06 bits per heavy atom. The van der Waals surface area contributed by atoms with Gasteiger partial charge in [0.05, 0.1) is 32.7 Å². The quantitative estimate of drug-likeness (QED) is 0.660. The molecule has 2 aliphatic rings. The Bertz CT molecular complexity index is 1160. The first-order valence-electron chi connectivity index (χ1n) is 10.4. The number of hydrogen-bond acceptors (Lipinski definition) is 8. The number of amides is 1. The Morgan fingerprint density at radius 1 is 1.19 bits per heavy atom. The van der Waals surface area contributed by atoms with E-state index >= 15 is 0 Å². The molecule has 1 amide bonds. The zero-order valence-corrected chi connectivity index (χ0v) is 18.2. The van der Waals surface area contributed by atoms with Gasteiger partial charge in [-0.1, -0.05) is 0 Å². The van der Waals surface area contributed by atoms with Gasteiger partial charge < -0.3 is 29.2 Å². The van der Waals surface area contributed by atoms with Crippen LogP contribution in [-0.4, -0.2) is 78.6 Å². The molecule has 168 valence electrons. The number of benzene rings is 1. The molecule has 0 unspecified atom stereocenters. The van der Waals surface area contributed by atoms with E-state index in [2.05, 4.69) is 10.4 Å². The molecule has 32 heavy (non-hydrogen) atoms. The van der Waals surface area contributed by atoms with Crippen LogP contribution in [0, 0.1) is 0 Å². The van der Waals surface area contributed by atoms with Crippen molar-refractivity contribution in [1.29, 1.82) is 0 Å². The van der Waals surface area contributed by atoms with Gasteiger partial charge in [0.15, 0.2) is 11.4 Å². The molecule has 2 aliphatic heterocycles. The highest BCUT2D eigenvalue weighted by Crippen LogP contribution is 2.34. The van der Waals surface area contributed by atoms with E-state index < -0.39 is 6.10 Å². The largest absolute Gasteiger partial charge is 0.497 e. The van der Waals surface area contributed by atoms with Crippen molar-refractivity contribution < 1.29 is 23.7 Å². The molecule has 3 aromatic rings. The highest BCUT2D eigenvalue weighted by molar-refractivity contribution is 5.84. The molecule has 4 bridgehead atoms. The molecular formula is C22H25N5O5. The lowest BCUT2D eigenvalue weighted by molar-refractivity contribution is -0.136. The SMILES string of the molecule is COc1cc2cc(c1)-c1cnn3cc(OC)c(nc13)OC[C@@H]1C[C@@H](OC)C(=O)N1CCN2. The highest BCUT2D eigenvalue weighted by Gasteiger charge is 2.40. The minimum absolute atomic E-state index is 0.0326. The third-order valence-corrected chi connectivity index (χ3v) is 5.96. The van der Waals surface area contributed by atoms with Crippen LogP contribution in [0.3, 0.4) is 0 Å². The Balaban J connectivity index is 1.62. The standard InChI is InChI=1S/C22H25N5O5/c1-29-16-7-13-6-14(8-16)23-4-5-26-15(9-18(30-2)22(26)28)12-32-21-19(31-3)11-27-20(25-21)17(13)10-24-27/h6-8,10-11,15,18,23H,4-5,9,12H2,1-3H3/t15-,18+/m0/s1. The summed E-state index contributed by atoms with van der Waals surface area (Å²) >= 11 is 0. The number of fused-ring (bicyclic) bond motifs is 5. The third-order valence-electron chi connectivity index (χ3n) is 5.96. The van der Waals surface area contributed by atoms with Crippen molar-refractivity contribution in [2.45, 2.75) is 18.6 Å². The van der Waals surface area contributed by atoms with E-state index in [9.17, 15) is 4.79 Å². The van der Waals surface area contributed by atoms with Crippen LogP contribution in [0.15, 0.2) is 30.6 Å². The Kier molecular flexibility index (Phi) is 5.22. The van der Waals surface area contributed by atoms with Crippen molar-refractivity contribution in [3.63, 3.8) is 0 Å². The smallest absolute Gasteiger partial charge is 0.260 e. The van der Waals surface area contributed by atoms with Gasteiger partial charge >= 0.3 is 0 Å². The molecule has 0 aliphatic carbocycles. The first-order chi connectivity index (χ1) is 15.6. The van der Waals surface area contributed by atoms with Crippen molar-refractivity contribution in [3.05, 3.63) is 30.6 Å². The number of nitrogens with one attached hydrogen (secondary N) is 1. The molecule has 0 radical (unpaired) electrons. The monoisotopic (exact) mass is 439 g/mol. The fraction of sp³-hybridized carbons (Fsp3) is 0.409. The maximum absolute atomic E-state index is 12.8. The third kappa shape index (κ3) is 3.46. The average molecular weight is 439 g/mol. The van der Waals surface area contributed by atoms with Crippen molar-refractivity contribution in [2.24, 2.45) is 0 Å². The summed E-state index contributed by atoms with van der Waals surface area (Å²) in [7, 11) is 4.75. The molecule has 1 N–H and O–H groups in total. The van der Waals surface area contributed by atoms with Crippen LogP contribution >= 0.6 is 0 Å². The molecule has 0 saturated carbocycles. The molecule has 10 heteroatoms. The van der Waals surface area contributed by atoms with Crippen LogP contribution < -0.4 is 19.5 Å². The summed E-state index contributed by atoms with van der Waals surface area (Å²) in [5.41, 5.74) is 3.25. The predicted octanol–water partition coefficient (Wildman–Crippen LogP) is 1.83. The van der Waals surface area contributed by atoms with Gasteiger partial charge in [0, 0.05) is 43.9 Å².